The van der Waals surface area contributed by atoms with Gasteiger partial charge < -0.3 is 5.32 Å². The molecule has 80 valence electrons. The van der Waals surface area contributed by atoms with E-state index < -0.39 is 0 Å². The number of thiophene rings is 1. The zero-order valence-corrected chi connectivity index (χ0v) is 9.44. The van der Waals surface area contributed by atoms with Gasteiger partial charge in [0.25, 0.3) is 0 Å². The van der Waals surface area contributed by atoms with Crippen LogP contribution in [-0.2, 0) is 0 Å². The minimum atomic E-state index is -0.252. The summed E-state index contributed by atoms with van der Waals surface area (Å²) < 4.78 is 13.1. The number of halogens is 1. The van der Waals surface area contributed by atoms with Crippen LogP contribution in [-0.4, -0.2) is 6.21 Å². The number of hydrogen-bond acceptors (Lipinski definition) is 3. The summed E-state index contributed by atoms with van der Waals surface area (Å²) in [5, 5.41) is 4.24. The van der Waals surface area contributed by atoms with Crippen molar-refractivity contribution in [1.82, 2.24) is 0 Å². The van der Waals surface area contributed by atoms with Crippen molar-refractivity contribution in [3.05, 3.63) is 40.5 Å². The van der Waals surface area contributed by atoms with E-state index in [0.29, 0.717) is 0 Å². The Hall–Kier alpha value is -1.68. The van der Waals surface area contributed by atoms with Crippen LogP contribution in [0.1, 0.15) is 10.4 Å². The van der Waals surface area contributed by atoms with Gasteiger partial charge in [-0.2, -0.15) is 0 Å². The number of rotatable bonds is 0. The first-order valence-electron chi connectivity index (χ1n) is 4.93. The van der Waals surface area contributed by atoms with Crippen LogP contribution in [0.5, 0.6) is 0 Å². The van der Waals surface area contributed by atoms with Crippen molar-refractivity contribution in [3.63, 3.8) is 0 Å². The number of hydrogen-bond donors (Lipinski definition) is 1. The number of benzene rings is 1. The number of aryl methyl sites for hydroxylation is 1. The molecule has 4 heteroatoms. The second kappa shape index (κ2) is 3.42. The van der Waals surface area contributed by atoms with Crippen LogP contribution in [0.3, 0.4) is 0 Å². The third-order valence-electron chi connectivity index (χ3n) is 2.43. The fourth-order valence-corrected chi connectivity index (χ4v) is 2.61. The smallest absolute Gasteiger partial charge is 0.125 e. The molecule has 0 fully saturated rings. The molecule has 2 heterocycles. The highest BCUT2D eigenvalue weighted by Gasteiger charge is 2.12. The molecule has 0 aliphatic carbocycles. The van der Waals surface area contributed by atoms with E-state index >= 15 is 0 Å². The zero-order chi connectivity index (χ0) is 11.1. The number of anilines is 2. The summed E-state index contributed by atoms with van der Waals surface area (Å²) in [6.45, 7) is 2.04. The van der Waals surface area contributed by atoms with Crippen molar-refractivity contribution >= 4 is 33.9 Å². The summed E-state index contributed by atoms with van der Waals surface area (Å²) in [5.74, 6) is -0.252. The highest BCUT2D eigenvalue weighted by molar-refractivity contribution is 7.16. The SMILES string of the molecule is Cc1cc2c(s1)Nc1cc(F)ccc1N=C2. The second-order valence-electron chi connectivity index (χ2n) is 3.69. The van der Waals surface area contributed by atoms with Crippen LogP contribution < -0.4 is 5.32 Å². The van der Waals surface area contributed by atoms with E-state index in [4.69, 9.17) is 0 Å². The van der Waals surface area contributed by atoms with E-state index in [2.05, 4.69) is 16.4 Å². The molecule has 0 saturated heterocycles. The van der Waals surface area contributed by atoms with Crippen LogP contribution in [0.25, 0.3) is 0 Å². The van der Waals surface area contributed by atoms with Gasteiger partial charge in [-0.15, -0.1) is 11.3 Å². The lowest BCUT2D eigenvalue weighted by atomic mass is 10.2. The first kappa shape index (κ1) is 9.54. The molecule has 0 amide bonds. The summed E-state index contributed by atoms with van der Waals surface area (Å²) in [7, 11) is 0. The quantitative estimate of drug-likeness (QED) is 0.622. The highest BCUT2D eigenvalue weighted by atomic mass is 32.1. The minimum absolute atomic E-state index is 0.252. The van der Waals surface area contributed by atoms with Crippen LogP contribution in [0.4, 0.5) is 20.8 Å². The van der Waals surface area contributed by atoms with Crippen molar-refractivity contribution in [2.45, 2.75) is 6.92 Å². The first-order chi connectivity index (χ1) is 7.72. The monoisotopic (exact) mass is 232 g/mol. The average molecular weight is 232 g/mol. The molecule has 2 nitrogen and oxygen atoms in total. The van der Waals surface area contributed by atoms with Crippen LogP contribution in [0.15, 0.2) is 29.3 Å². The van der Waals surface area contributed by atoms with E-state index in [0.717, 1.165) is 21.9 Å². The molecule has 0 radical (unpaired) electrons. The van der Waals surface area contributed by atoms with E-state index in [1.54, 1.807) is 17.4 Å². The predicted octanol–water partition coefficient (Wildman–Crippen LogP) is 4.00. The Morgan fingerprint density at radius 3 is 3.06 bits per heavy atom. The molecule has 1 aliphatic rings. The topological polar surface area (TPSA) is 24.4 Å². The maximum Gasteiger partial charge on any atom is 0.125 e. The molecule has 16 heavy (non-hydrogen) atoms. The molecule has 2 aromatic rings. The van der Waals surface area contributed by atoms with Crippen LogP contribution in [0.2, 0.25) is 0 Å². The molecule has 0 bridgehead atoms. The molecule has 1 N–H and O–H groups in total. The van der Waals surface area contributed by atoms with Crippen molar-refractivity contribution in [3.8, 4) is 0 Å². The summed E-state index contributed by atoms with van der Waals surface area (Å²) in [6, 6.07) is 6.63. The molecule has 0 atom stereocenters. The number of aliphatic imine (C=N–C) groups is 1. The fourth-order valence-electron chi connectivity index (χ4n) is 1.71. The number of nitrogens with zero attached hydrogens (tertiary/aromatic N) is 1. The van der Waals surface area contributed by atoms with Crippen molar-refractivity contribution in [1.29, 1.82) is 0 Å². The van der Waals surface area contributed by atoms with Gasteiger partial charge in [-0.3, -0.25) is 4.99 Å². The fraction of sp³-hybridized carbons (Fsp3) is 0.0833. The van der Waals surface area contributed by atoms with E-state index in [1.807, 2.05) is 13.1 Å². The predicted molar refractivity (Wildman–Crippen MR) is 66.0 cm³/mol. The minimum Gasteiger partial charge on any atom is -0.345 e. The zero-order valence-electron chi connectivity index (χ0n) is 8.62. The van der Waals surface area contributed by atoms with Gasteiger partial charge in [0.1, 0.15) is 10.8 Å². The third-order valence-corrected chi connectivity index (χ3v) is 3.42. The van der Waals surface area contributed by atoms with E-state index in [-0.39, 0.29) is 5.82 Å². The summed E-state index contributed by atoms with van der Waals surface area (Å²) in [6.07, 6.45) is 1.82. The summed E-state index contributed by atoms with van der Waals surface area (Å²) in [4.78, 5) is 5.55. The van der Waals surface area contributed by atoms with Crippen LogP contribution >= 0.6 is 11.3 Å². The lowest BCUT2D eigenvalue weighted by Crippen LogP contribution is -1.89. The number of nitrogens with one attached hydrogen (secondary N) is 1. The molecule has 0 unspecified atom stereocenters. The maximum absolute atomic E-state index is 13.1. The average Bonchev–Trinajstić information content (AvgIpc) is 2.49. The normalized spacial score (nSPS) is 12.6. The Morgan fingerprint density at radius 1 is 1.31 bits per heavy atom. The molecule has 0 saturated carbocycles. The van der Waals surface area contributed by atoms with Gasteiger partial charge in [0.05, 0.1) is 11.4 Å². The number of fused-ring (bicyclic) bond motifs is 2. The van der Waals surface area contributed by atoms with Crippen molar-refractivity contribution in [2.24, 2.45) is 4.99 Å². The molecule has 1 aliphatic heterocycles. The van der Waals surface area contributed by atoms with E-state index in [1.165, 1.54) is 17.0 Å². The largest absolute Gasteiger partial charge is 0.345 e. The molecule has 1 aromatic carbocycles. The molecular formula is C12H9FN2S. The van der Waals surface area contributed by atoms with Gasteiger partial charge in [0.15, 0.2) is 0 Å². The molecular weight excluding hydrogens is 223 g/mol. The summed E-state index contributed by atoms with van der Waals surface area (Å²) in [5.41, 5.74) is 2.54. The van der Waals surface area contributed by atoms with Crippen LogP contribution in [0, 0.1) is 12.7 Å². The standard InChI is InChI=1S/C12H9FN2S/c1-7-4-8-6-14-10-3-2-9(13)5-11(10)15-12(8)16-7/h2-6,15H,1H3. The summed E-state index contributed by atoms with van der Waals surface area (Å²) >= 11 is 1.65. The van der Waals surface area contributed by atoms with Crippen molar-refractivity contribution < 1.29 is 4.39 Å². The Kier molecular flexibility index (Phi) is 2.04. The second-order valence-corrected chi connectivity index (χ2v) is 4.94. The van der Waals surface area contributed by atoms with E-state index in [9.17, 15) is 4.39 Å². The van der Waals surface area contributed by atoms with Gasteiger partial charge in [-0.05, 0) is 31.2 Å². The molecule has 3 rings (SSSR count). The Labute approximate surface area is 96.5 Å². The van der Waals surface area contributed by atoms with Gasteiger partial charge in [0.2, 0.25) is 0 Å². The Morgan fingerprint density at radius 2 is 2.19 bits per heavy atom. The van der Waals surface area contributed by atoms with Gasteiger partial charge in [-0.25, -0.2) is 4.39 Å². The lowest BCUT2D eigenvalue weighted by molar-refractivity contribution is 0.628. The first-order valence-corrected chi connectivity index (χ1v) is 5.75. The van der Waals surface area contributed by atoms with Gasteiger partial charge in [0, 0.05) is 16.7 Å². The van der Waals surface area contributed by atoms with Crippen molar-refractivity contribution in [2.75, 3.05) is 5.32 Å². The maximum atomic E-state index is 13.1. The van der Waals surface area contributed by atoms with Gasteiger partial charge in [-0.1, -0.05) is 0 Å². The van der Waals surface area contributed by atoms with Gasteiger partial charge >= 0.3 is 0 Å². The third kappa shape index (κ3) is 1.51. The lowest BCUT2D eigenvalue weighted by Gasteiger charge is -2.05. The molecule has 0 spiro atoms. The highest BCUT2D eigenvalue weighted by Crippen LogP contribution is 2.36. The Balaban J connectivity index is 2.16. The molecule has 1 aromatic heterocycles. The Bertz CT molecular complexity index is 587.